The Morgan fingerprint density at radius 3 is 2.39 bits per heavy atom. The molecule has 1 rings (SSSR count). The summed E-state index contributed by atoms with van der Waals surface area (Å²) in [5.41, 5.74) is 1.71. The van der Waals surface area contributed by atoms with Gasteiger partial charge in [0.2, 0.25) is 11.8 Å². The minimum Gasteiger partial charge on any atom is -0.352 e. The molecule has 0 saturated heterocycles. The number of nitrogens with one attached hydrogen (secondary N) is 2. The van der Waals surface area contributed by atoms with Crippen LogP contribution in [0.1, 0.15) is 19.4 Å². The molecule has 4 nitrogen and oxygen atoms in total. The van der Waals surface area contributed by atoms with Gasteiger partial charge in [-0.2, -0.15) is 0 Å². The van der Waals surface area contributed by atoms with Crippen LogP contribution in [0.25, 0.3) is 0 Å². The maximum absolute atomic E-state index is 11.5. The second kappa shape index (κ2) is 7.01. The van der Waals surface area contributed by atoms with Gasteiger partial charge in [0, 0.05) is 31.0 Å². The molecule has 0 aromatic heterocycles. The lowest BCUT2D eigenvalue weighted by atomic mass is 10.1. The van der Waals surface area contributed by atoms with Crippen LogP contribution in [0.4, 0.5) is 5.69 Å². The first kappa shape index (κ1) is 14.5. The third kappa shape index (κ3) is 4.75. The summed E-state index contributed by atoms with van der Waals surface area (Å²) < 4.78 is 0. The van der Waals surface area contributed by atoms with Crippen LogP contribution in [0.5, 0.6) is 0 Å². The van der Waals surface area contributed by atoms with E-state index in [0.717, 1.165) is 11.3 Å². The molecule has 1 atom stereocenters. The SMILES string of the molecule is CC(=O)Nc1ccc(CNC(=O)C(C)CCl)cc1. The van der Waals surface area contributed by atoms with Gasteiger partial charge in [0.15, 0.2) is 0 Å². The van der Waals surface area contributed by atoms with Crippen molar-refractivity contribution in [1.29, 1.82) is 0 Å². The van der Waals surface area contributed by atoms with E-state index in [2.05, 4.69) is 10.6 Å². The molecule has 1 aromatic rings. The van der Waals surface area contributed by atoms with Crippen LogP contribution in [-0.4, -0.2) is 17.7 Å². The molecular formula is C13H17ClN2O2. The standard InChI is InChI=1S/C13H17ClN2O2/c1-9(7-14)13(18)15-8-11-3-5-12(6-4-11)16-10(2)17/h3-6,9H,7-8H2,1-2H3,(H,15,18)(H,16,17). The van der Waals surface area contributed by atoms with Gasteiger partial charge in [-0.05, 0) is 17.7 Å². The Hall–Kier alpha value is -1.55. The van der Waals surface area contributed by atoms with E-state index in [1.807, 2.05) is 12.1 Å². The lowest BCUT2D eigenvalue weighted by Crippen LogP contribution is -2.29. The second-order valence-corrected chi connectivity index (χ2v) is 4.46. The van der Waals surface area contributed by atoms with Crippen LogP contribution < -0.4 is 10.6 Å². The zero-order valence-corrected chi connectivity index (χ0v) is 11.3. The van der Waals surface area contributed by atoms with Crippen LogP contribution >= 0.6 is 11.6 Å². The number of hydrogen-bond donors (Lipinski definition) is 2. The summed E-state index contributed by atoms with van der Waals surface area (Å²) in [5.74, 6) is -0.0407. The Labute approximate surface area is 112 Å². The van der Waals surface area contributed by atoms with Crippen molar-refractivity contribution in [2.75, 3.05) is 11.2 Å². The van der Waals surface area contributed by atoms with Gasteiger partial charge < -0.3 is 10.6 Å². The number of carbonyl (C=O) groups excluding carboxylic acids is 2. The molecule has 0 saturated carbocycles. The van der Waals surface area contributed by atoms with Gasteiger partial charge in [-0.25, -0.2) is 0 Å². The van der Waals surface area contributed by atoms with Crippen molar-refractivity contribution in [1.82, 2.24) is 5.32 Å². The van der Waals surface area contributed by atoms with Crippen molar-refractivity contribution in [2.45, 2.75) is 20.4 Å². The van der Waals surface area contributed by atoms with Gasteiger partial charge in [0.05, 0.1) is 0 Å². The monoisotopic (exact) mass is 268 g/mol. The molecule has 2 N–H and O–H groups in total. The Morgan fingerprint density at radius 2 is 1.89 bits per heavy atom. The summed E-state index contributed by atoms with van der Waals surface area (Å²) in [5, 5.41) is 5.48. The third-order valence-corrected chi connectivity index (χ3v) is 2.88. The summed E-state index contributed by atoms with van der Waals surface area (Å²) in [6.45, 7) is 3.70. The van der Waals surface area contributed by atoms with Gasteiger partial charge in [-0.3, -0.25) is 9.59 Å². The van der Waals surface area contributed by atoms with E-state index in [1.54, 1.807) is 19.1 Å². The highest BCUT2D eigenvalue weighted by molar-refractivity contribution is 6.19. The Morgan fingerprint density at radius 1 is 1.28 bits per heavy atom. The quantitative estimate of drug-likeness (QED) is 0.804. The van der Waals surface area contributed by atoms with Crippen LogP contribution in [0.3, 0.4) is 0 Å². The summed E-state index contributed by atoms with van der Waals surface area (Å²) in [4.78, 5) is 22.3. The molecule has 0 aliphatic rings. The van der Waals surface area contributed by atoms with Crippen LogP contribution in [0, 0.1) is 5.92 Å². The van der Waals surface area contributed by atoms with Crippen LogP contribution in [0.15, 0.2) is 24.3 Å². The summed E-state index contributed by atoms with van der Waals surface area (Å²) in [6, 6.07) is 7.32. The minimum atomic E-state index is -0.190. The summed E-state index contributed by atoms with van der Waals surface area (Å²) in [6.07, 6.45) is 0. The molecule has 1 unspecified atom stereocenters. The molecular weight excluding hydrogens is 252 g/mol. The highest BCUT2D eigenvalue weighted by Gasteiger charge is 2.10. The zero-order valence-electron chi connectivity index (χ0n) is 10.5. The molecule has 1 aromatic carbocycles. The summed E-state index contributed by atoms with van der Waals surface area (Å²) >= 11 is 5.60. The Kier molecular flexibility index (Phi) is 5.65. The van der Waals surface area contributed by atoms with Gasteiger partial charge in [-0.15, -0.1) is 11.6 Å². The average molecular weight is 269 g/mol. The van der Waals surface area contributed by atoms with Crippen molar-refractivity contribution in [3.8, 4) is 0 Å². The maximum Gasteiger partial charge on any atom is 0.224 e. The molecule has 0 radical (unpaired) electrons. The largest absolute Gasteiger partial charge is 0.352 e. The predicted molar refractivity (Wildman–Crippen MR) is 72.5 cm³/mol. The van der Waals surface area contributed by atoms with Gasteiger partial charge in [-0.1, -0.05) is 19.1 Å². The van der Waals surface area contributed by atoms with E-state index >= 15 is 0 Å². The number of anilines is 1. The molecule has 0 spiro atoms. The highest BCUT2D eigenvalue weighted by Crippen LogP contribution is 2.09. The molecule has 98 valence electrons. The van der Waals surface area contributed by atoms with Crippen LogP contribution in [-0.2, 0) is 16.1 Å². The van der Waals surface area contributed by atoms with E-state index in [1.165, 1.54) is 6.92 Å². The maximum atomic E-state index is 11.5. The topological polar surface area (TPSA) is 58.2 Å². The normalized spacial score (nSPS) is 11.7. The van der Waals surface area contributed by atoms with Crippen molar-refractivity contribution >= 4 is 29.1 Å². The fourth-order valence-electron chi connectivity index (χ4n) is 1.34. The fourth-order valence-corrected chi connectivity index (χ4v) is 1.48. The van der Waals surface area contributed by atoms with E-state index < -0.39 is 0 Å². The number of carbonyl (C=O) groups is 2. The molecule has 0 aliphatic carbocycles. The number of rotatable bonds is 5. The number of amides is 2. The van der Waals surface area contributed by atoms with E-state index in [0.29, 0.717) is 12.4 Å². The number of alkyl halides is 1. The molecule has 0 aliphatic heterocycles. The first-order valence-corrected chi connectivity index (χ1v) is 6.26. The summed E-state index contributed by atoms with van der Waals surface area (Å²) in [7, 11) is 0. The van der Waals surface area contributed by atoms with Gasteiger partial charge >= 0.3 is 0 Å². The van der Waals surface area contributed by atoms with Crippen molar-refractivity contribution < 1.29 is 9.59 Å². The molecule has 0 fully saturated rings. The third-order valence-electron chi connectivity index (χ3n) is 2.42. The predicted octanol–water partition coefficient (Wildman–Crippen LogP) is 2.14. The Bertz CT molecular complexity index is 418. The molecule has 18 heavy (non-hydrogen) atoms. The highest BCUT2D eigenvalue weighted by atomic mass is 35.5. The first-order valence-electron chi connectivity index (χ1n) is 5.73. The fraction of sp³-hybridized carbons (Fsp3) is 0.385. The molecule has 0 bridgehead atoms. The van der Waals surface area contributed by atoms with Gasteiger partial charge in [0.25, 0.3) is 0 Å². The van der Waals surface area contributed by atoms with Crippen molar-refractivity contribution in [2.24, 2.45) is 5.92 Å². The van der Waals surface area contributed by atoms with Crippen LogP contribution in [0.2, 0.25) is 0 Å². The first-order chi connectivity index (χ1) is 8.52. The van der Waals surface area contributed by atoms with E-state index in [9.17, 15) is 9.59 Å². The lowest BCUT2D eigenvalue weighted by Gasteiger charge is -2.09. The number of benzene rings is 1. The van der Waals surface area contributed by atoms with E-state index in [4.69, 9.17) is 11.6 Å². The lowest BCUT2D eigenvalue weighted by molar-refractivity contribution is -0.124. The second-order valence-electron chi connectivity index (χ2n) is 4.15. The number of hydrogen-bond acceptors (Lipinski definition) is 2. The van der Waals surface area contributed by atoms with Crippen molar-refractivity contribution in [3.05, 3.63) is 29.8 Å². The molecule has 0 heterocycles. The Balaban J connectivity index is 2.49. The zero-order chi connectivity index (χ0) is 13.5. The van der Waals surface area contributed by atoms with Gasteiger partial charge in [0.1, 0.15) is 0 Å². The average Bonchev–Trinajstić information content (AvgIpc) is 2.36. The molecule has 2 amide bonds. The number of halogens is 1. The van der Waals surface area contributed by atoms with Crippen molar-refractivity contribution in [3.63, 3.8) is 0 Å². The minimum absolute atomic E-state index is 0.0593. The smallest absolute Gasteiger partial charge is 0.224 e. The van der Waals surface area contributed by atoms with E-state index in [-0.39, 0.29) is 17.7 Å². The molecule has 5 heteroatoms.